The van der Waals surface area contributed by atoms with E-state index in [1.165, 1.54) is 23.0 Å². The Balaban J connectivity index is 1.55. The van der Waals surface area contributed by atoms with Gasteiger partial charge >= 0.3 is 0 Å². The molecule has 1 aromatic heterocycles. The number of fused-ring (bicyclic) bond motifs is 1. The van der Waals surface area contributed by atoms with Crippen molar-refractivity contribution in [1.82, 2.24) is 9.66 Å². The van der Waals surface area contributed by atoms with Crippen LogP contribution < -0.4 is 10.3 Å². The molecule has 0 unspecified atom stereocenters. The molecule has 1 heterocycles. The monoisotopic (exact) mass is 483 g/mol. The van der Waals surface area contributed by atoms with E-state index in [0.29, 0.717) is 33.1 Å². The second kappa shape index (κ2) is 9.91. The van der Waals surface area contributed by atoms with Crippen LogP contribution in [0.15, 0.2) is 107 Å². The second-order valence-electron chi connectivity index (χ2n) is 7.78. The van der Waals surface area contributed by atoms with E-state index in [0.717, 1.165) is 11.1 Å². The minimum absolute atomic E-state index is 0.232. The highest BCUT2D eigenvalue weighted by molar-refractivity contribution is 6.30. The minimum Gasteiger partial charge on any atom is -0.488 e. The van der Waals surface area contributed by atoms with E-state index in [9.17, 15) is 9.18 Å². The van der Waals surface area contributed by atoms with E-state index in [1.54, 1.807) is 48.5 Å². The summed E-state index contributed by atoms with van der Waals surface area (Å²) in [6, 6.07) is 27.8. The Morgan fingerprint density at radius 2 is 1.69 bits per heavy atom. The highest BCUT2D eigenvalue weighted by atomic mass is 35.5. The van der Waals surface area contributed by atoms with Gasteiger partial charge < -0.3 is 4.74 Å². The van der Waals surface area contributed by atoms with E-state index < -0.39 is 0 Å². The van der Waals surface area contributed by atoms with Gasteiger partial charge in [0.15, 0.2) is 5.82 Å². The summed E-state index contributed by atoms with van der Waals surface area (Å²) in [6.45, 7) is 0.232. The average molecular weight is 484 g/mol. The van der Waals surface area contributed by atoms with E-state index in [-0.39, 0.29) is 18.0 Å². The van der Waals surface area contributed by atoms with Crippen molar-refractivity contribution in [3.63, 3.8) is 0 Å². The summed E-state index contributed by atoms with van der Waals surface area (Å²) < 4.78 is 20.4. The highest BCUT2D eigenvalue weighted by Gasteiger charge is 2.12. The lowest BCUT2D eigenvalue weighted by Gasteiger charge is -2.11. The molecule has 0 saturated heterocycles. The second-order valence-corrected chi connectivity index (χ2v) is 8.21. The van der Waals surface area contributed by atoms with Gasteiger partial charge in [0.2, 0.25) is 0 Å². The maximum absolute atomic E-state index is 13.4. The van der Waals surface area contributed by atoms with Crippen molar-refractivity contribution < 1.29 is 9.13 Å². The summed E-state index contributed by atoms with van der Waals surface area (Å²) in [6.07, 6.45) is 1.52. The van der Waals surface area contributed by atoms with Crippen LogP contribution in [0.5, 0.6) is 5.75 Å². The van der Waals surface area contributed by atoms with E-state index in [1.807, 2.05) is 36.4 Å². The maximum Gasteiger partial charge on any atom is 0.282 e. The number of halogens is 2. The lowest BCUT2D eigenvalue weighted by Crippen LogP contribution is -2.20. The molecule has 0 aliphatic carbocycles. The summed E-state index contributed by atoms with van der Waals surface area (Å²) in [7, 11) is 0. The van der Waals surface area contributed by atoms with Crippen LogP contribution in [0.1, 0.15) is 11.1 Å². The van der Waals surface area contributed by atoms with Gasteiger partial charge in [-0.1, -0.05) is 66.2 Å². The quantitative estimate of drug-likeness (QED) is 0.266. The van der Waals surface area contributed by atoms with Crippen molar-refractivity contribution in [3.05, 3.63) is 129 Å². The lowest BCUT2D eigenvalue weighted by molar-refractivity contribution is 0.305. The molecule has 5 nitrogen and oxygen atoms in total. The fourth-order valence-corrected chi connectivity index (χ4v) is 3.80. The van der Waals surface area contributed by atoms with Crippen LogP contribution >= 0.6 is 11.6 Å². The first-order valence-corrected chi connectivity index (χ1v) is 11.2. The third-order valence-electron chi connectivity index (χ3n) is 5.38. The summed E-state index contributed by atoms with van der Waals surface area (Å²) in [5, 5.41) is 5.45. The summed E-state index contributed by atoms with van der Waals surface area (Å²) in [5.74, 6) is 0.628. The van der Waals surface area contributed by atoms with Crippen LogP contribution in [0.4, 0.5) is 4.39 Å². The maximum atomic E-state index is 13.4. The van der Waals surface area contributed by atoms with Gasteiger partial charge in [-0.2, -0.15) is 9.78 Å². The molecule has 0 radical (unpaired) electrons. The number of benzene rings is 4. The number of hydrogen-bond donors (Lipinski definition) is 0. The predicted octanol–water partition coefficient (Wildman–Crippen LogP) is 6.32. The third kappa shape index (κ3) is 4.98. The minimum atomic E-state index is -0.309. The summed E-state index contributed by atoms with van der Waals surface area (Å²) in [4.78, 5) is 18.1. The van der Waals surface area contributed by atoms with Crippen LogP contribution in [0.3, 0.4) is 0 Å². The molecule has 172 valence electrons. The number of nitrogens with zero attached hydrogens (tertiary/aromatic N) is 3. The Bertz CT molecular complexity index is 1580. The zero-order chi connectivity index (χ0) is 24.2. The molecule has 5 aromatic rings. The van der Waals surface area contributed by atoms with Crippen LogP contribution in [-0.4, -0.2) is 15.9 Å². The van der Waals surface area contributed by atoms with Crippen molar-refractivity contribution >= 4 is 28.7 Å². The Morgan fingerprint density at radius 3 is 2.49 bits per heavy atom. The Morgan fingerprint density at radius 1 is 0.943 bits per heavy atom. The Hall–Kier alpha value is -4.29. The number of para-hydroxylation sites is 1. The largest absolute Gasteiger partial charge is 0.488 e. The molecule has 35 heavy (non-hydrogen) atoms. The smallest absolute Gasteiger partial charge is 0.282 e. The van der Waals surface area contributed by atoms with Crippen LogP contribution in [0, 0.1) is 5.82 Å². The molecule has 0 bridgehead atoms. The van der Waals surface area contributed by atoms with Gasteiger partial charge in [0.1, 0.15) is 18.2 Å². The first-order chi connectivity index (χ1) is 17.1. The fraction of sp³-hybridized carbons (Fsp3) is 0.0357. The van der Waals surface area contributed by atoms with Gasteiger partial charge in [0.05, 0.1) is 17.1 Å². The summed E-state index contributed by atoms with van der Waals surface area (Å²) >= 11 is 6.23. The van der Waals surface area contributed by atoms with Crippen molar-refractivity contribution in [2.45, 2.75) is 6.61 Å². The van der Waals surface area contributed by atoms with Gasteiger partial charge in [-0.05, 0) is 48.0 Å². The van der Waals surface area contributed by atoms with Crippen molar-refractivity contribution in [1.29, 1.82) is 0 Å². The Kier molecular flexibility index (Phi) is 6.37. The van der Waals surface area contributed by atoms with E-state index in [4.69, 9.17) is 21.3 Å². The predicted molar refractivity (Wildman–Crippen MR) is 137 cm³/mol. The molecular weight excluding hydrogens is 465 g/mol. The molecule has 5 rings (SSSR count). The van der Waals surface area contributed by atoms with Crippen molar-refractivity contribution in [3.8, 4) is 17.1 Å². The molecule has 0 saturated carbocycles. The van der Waals surface area contributed by atoms with Gasteiger partial charge in [-0.3, -0.25) is 4.79 Å². The van der Waals surface area contributed by atoms with Crippen LogP contribution in [0.2, 0.25) is 5.02 Å². The van der Waals surface area contributed by atoms with Crippen LogP contribution in [-0.2, 0) is 6.61 Å². The number of ether oxygens (including phenoxy) is 1. The molecule has 0 atom stereocenters. The topological polar surface area (TPSA) is 56.5 Å². The zero-order valence-corrected chi connectivity index (χ0v) is 19.2. The number of rotatable bonds is 6. The normalized spacial score (nSPS) is 11.3. The van der Waals surface area contributed by atoms with Gasteiger partial charge in [-0.15, -0.1) is 0 Å². The molecule has 0 spiro atoms. The van der Waals surface area contributed by atoms with Crippen molar-refractivity contribution in [2.24, 2.45) is 5.10 Å². The molecular formula is C28H19ClFN3O2. The molecule has 0 aliphatic rings. The fourth-order valence-electron chi connectivity index (χ4n) is 3.62. The number of hydrogen-bond acceptors (Lipinski definition) is 4. The van der Waals surface area contributed by atoms with Gasteiger partial charge in [-0.25, -0.2) is 9.37 Å². The Labute approximate surface area is 205 Å². The molecule has 0 fully saturated rings. The molecule has 0 aliphatic heterocycles. The third-order valence-corrected chi connectivity index (χ3v) is 5.61. The zero-order valence-electron chi connectivity index (χ0n) is 18.4. The molecule has 4 aromatic carbocycles. The standard InChI is InChI=1S/C28H19ClFN3O2/c29-22-12-15-26(35-18-19-10-13-23(30)14-11-19)21(16-22)17-31-33-27(20-6-2-1-3-7-20)32-25-9-5-4-8-24(25)28(33)34/h1-17H,18H2. The SMILES string of the molecule is O=c1c2ccccc2nc(-c2ccccc2)n1N=Cc1cc(Cl)ccc1OCc1ccc(F)cc1. The first kappa shape index (κ1) is 22.5. The van der Waals surface area contributed by atoms with Crippen molar-refractivity contribution in [2.75, 3.05) is 0 Å². The lowest BCUT2D eigenvalue weighted by atomic mass is 10.2. The highest BCUT2D eigenvalue weighted by Crippen LogP contribution is 2.24. The van der Waals surface area contributed by atoms with Crippen LogP contribution in [0.25, 0.3) is 22.3 Å². The van der Waals surface area contributed by atoms with Gasteiger partial charge in [0, 0.05) is 16.1 Å². The molecule has 7 heteroatoms. The number of aromatic nitrogens is 2. The summed E-state index contributed by atoms with van der Waals surface area (Å²) in [5.41, 5.74) is 2.45. The molecule has 0 N–H and O–H groups in total. The van der Waals surface area contributed by atoms with E-state index in [2.05, 4.69) is 5.10 Å². The first-order valence-electron chi connectivity index (χ1n) is 10.9. The van der Waals surface area contributed by atoms with Gasteiger partial charge in [0.25, 0.3) is 5.56 Å². The molecule has 0 amide bonds. The van der Waals surface area contributed by atoms with E-state index >= 15 is 0 Å². The average Bonchev–Trinajstić information content (AvgIpc) is 2.89.